The van der Waals surface area contributed by atoms with Crippen LogP contribution in [0.5, 0.6) is 11.5 Å². The zero-order valence-corrected chi connectivity index (χ0v) is 19.0. The number of carbonyl (C=O) groups is 2. The minimum atomic E-state index is -0.365. The van der Waals surface area contributed by atoms with Gasteiger partial charge in [-0.05, 0) is 48.7 Å². The molecule has 31 heavy (non-hydrogen) atoms. The third-order valence-corrected chi connectivity index (χ3v) is 5.81. The minimum Gasteiger partial charge on any atom is -0.493 e. The first-order valence-corrected chi connectivity index (χ1v) is 10.9. The van der Waals surface area contributed by atoms with E-state index in [1.807, 2.05) is 12.1 Å². The van der Waals surface area contributed by atoms with Crippen molar-refractivity contribution in [2.24, 2.45) is 4.99 Å². The standard InChI is InChI=1S/C23H26N2O5S/c1-5-15-7-9-17-20(12-15)31-23(25(17)14-22(27)30-6-2)24-21(26)13-16-8-10-18(28-3)19(11-16)29-4/h7-12H,5-6,13-14H2,1-4H3. The van der Waals surface area contributed by atoms with Crippen LogP contribution in [0.4, 0.5) is 0 Å². The summed E-state index contributed by atoms with van der Waals surface area (Å²) >= 11 is 1.39. The van der Waals surface area contributed by atoms with E-state index in [1.165, 1.54) is 16.9 Å². The lowest BCUT2D eigenvalue weighted by Gasteiger charge is -2.08. The number of fused-ring (bicyclic) bond motifs is 1. The number of carbonyl (C=O) groups excluding carboxylic acids is 2. The fourth-order valence-electron chi connectivity index (χ4n) is 3.22. The van der Waals surface area contributed by atoms with Crippen LogP contribution in [0.2, 0.25) is 0 Å². The first-order valence-electron chi connectivity index (χ1n) is 10.0. The van der Waals surface area contributed by atoms with Gasteiger partial charge in [0.25, 0.3) is 5.91 Å². The van der Waals surface area contributed by atoms with Crippen LogP contribution in [-0.4, -0.2) is 37.3 Å². The highest BCUT2D eigenvalue weighted by Gasteiger charge is 2.13. The molecule has 0 spiro atoms. The maximum absolute atomic E-state index is 12.7. The molecule has 3 aromatic rings. The Morgan fingerprint density at radius 1 is 1.00 bits per heavy atom. The van der Waals surface area contributed by atoms with Gasteiger partial charge in [-0.2, -0.15) is 4.99 Å². The molecule has 0 saturated carbocycles. The van der Waals surface area contributed by atoms with Crippen molar-refractivity contribution in [2.75, 3.05) is 20.8 Å². The molecule has 1 aromatic heterocycles. The van der Waals surface area contributed by atoms with Crippen LogP contribution in [0, 0.1) is 0 Å². The molecule has 8 heteroatoms. The molecule has 0 saturated heterocycles. The van der Waals surface area contributed by atoms with Gasteiger partial charge >= 0.3 is 5.97 Å². The van der Waals surface area contributed by atoms with Gasteiger partial charge in [0.2, 0.25) is 0 Å². The summed E-state index contributed by atoms with van der Waals surface area (Å²) in [6, 6.07) is 11.4. The zero-order valence-electron chi connectivity index (χ0n) is 18.1. The van der Waals surface area contributed by atoms with E-state index >= 15 is 0 Å². The number of thiazole rings is 1. The molecule has 0 aliphatic carbocycles. The Hall–Kier alpha value is -3.13. The molecule has 1 amide bonds. The molecule has 3 rings (SSSR count). The van der Waals surface area contributed by atoms with Gasteiger partial charge in [0.05, 0.1) is 37.5 Å². The van der Waals surface area contributed by atoms with Crippen LogP contribution >= 0.6 is 11.3 Å². The molecule has 0 atom stereocenters. The normalized spacial score (nSPS) is 11.5. The Labute approximate surface area is 184 Å². The van der Waals surface area contributed by atoms with Crippen molar-refractivity contribution in [3.63, 3.8) is 0 Å². The van der Waals surface area contributed by atoms with Crippen LogP contribution in [0.3, 0.4) is 0 Å². The molecule has 0 unspecified atom stereocenters. The zero-order chi connectivity index (χ0) is 22.4. The van der Waals surface area contributed by atoms with E-state index in [4.69, 9.17) is 14.2 Å². The average molecular weight is 443 g/mol. The van der Waals surface area contributed by atoms with E-state index in [1.54, 1.807) is 43.9 Å². The van der Waals surface area contributed by atoms with Crippen molar-refractivity contribution in [3.8, 4) is 11.5 Å². The first kappa shape index (κ1) is 22.6. The van der Waals surface area contributed by atoms with Crippen LogP contribution < -0.4 is 14.3 Å². The van der Waals surface area contributed by atoms with Crippen molar-refractivity contribution in [1.82, 2.24) is 4.57 Å². The summed E-state index contributed by atoms with van der Waals surface area (Å²) in [6.45, 7) is 4.15. The second-order valence-corrected chi connectivity index (χ2v) is 7.81. The average Bonchev–Trinajstić information content (AvgIpc) is 3.09. The molecular weight excluding hydrogens is 416 g/mol. The fraction of sp³-hybridized carbons (Fsp3) is 0.348. The molecule has 1 heterocycles. The van der Waals surface area contributed by atoms with Crippen molar-refractivity contribution < 1.29 is 23.8 Å². The summed E-state index contributed by atoms with van der Waals surface area (Å²) in [5.74, 6) is 0.473. The second kappa shape index (κ2) is 10.3. The molecule has 7 nitrogen and oxygen atoms in total. The van der Waals surface area contributed by atoms with Gasteiger partial charge in [0, 0.05) is 0 Å². The summed E-state index contributed by atoms with van der Waals surface area (Å²) in [5.41, 5.74) is 2.80. The van der Waals surface area contributed by atoms with Gasteiger partial charge in [-0.3, -0.25) is 9.59 Å². The SMILES string of the molecule is CCOC(=O)Cn1c(=NC(=O)Cc2ccc(OC)c(OC)c2)sc2cc(CC)ccc21. The molecule has 0 N–H and O–H groups in total. The van der Waals surface area contributed by atoms with Crippen molar-refractivity contribution in [2.45, 2.75) is 33.2 Å². The lowest BCUT2D eigenvalue weighted by molar-refractivity contribution is -0.143. The highest BCUT2D eigenvalue weighted by atomic mass is 32.1. The highest BCUT2D eigenvalue weighted by Crippen LogP contribution is 2.27. The smallest absolute Gasteiger partial charge is 0.326 e. The fourth-order valence-corrected chi connectivity index (χ4v) is 4.33. The van der Waals surface area contributed by atoms with E-state index in [-0.39, 0.29) is 24.8 Å². The number of benzene rings is 2. The summed E-state index contributed by atoms with van der Waals surface area (Å²) < 4.78 is 18.4. The summed E-state index contributed by atoms with van der Waals surface area (Å²) in [4.78, 5) is 29.7. The van der Waals surface area contributed by atoms with Crippen molar-refractivity contribution in [3.05, 3.63) is 52.3 Å². The van der Waals surface area contributed by atoms with Crippen LogP contribution in [0.25, 0.3) is 10.2 Å². The first-order chi connectivity index (χ1) is 15.0. The third kappa shape index (κ3) is 5.32. The number of aromatic nitrogens is 1. The predicted octanol–water partition coefficient (Wildman–Crippen LogP) is 3.52. The number of hydrogen-bond donors (Lipinski definition) is 0. The van der Waals surface area contributed by atoms with Crippen molar-refractivity contribution >= 4 is 33.4 Å². The van der Waals surface area contributed by atoms with Crippen LogP contribution in [-0.2, 0) is 33.7 Å². The van der Waals surface area contributed by atoms with Crippen LogP contribution in [0.1, 0.15) is 25.0 Å². The highest BCUT2D eigenvalue weighted by molar-refractivity contribution is 7.16. The Bertz CT molecular complexity index is 1160. The molecule has 0 bridgehead atoms. The summed E-state index contributed by atoms with van der Waals surface area (Å²) in [7, 11) is 3.11. The number of amides is 1. The molecule has 2 aromatic carbocycles. The molecule has 0 fully saturated rings. The van der Waals surface area contributed by atoms with E-state index < -0.39 is 0 Å². The Balaban J connectivity index is 1.97. The van der Waals surface area contributed by atoms with Gasteiger partial charge in [-0.15, -0.1) is 0 Å². The summed E-state index contributed by atoms with van der Waals surface area (Å²) in [6.07, 6.45) is 1.00. The van der Waals surface area contributed by atoms with Crippen molar-refractivity contribution in [1.29, 1.82) is 0 Å². The number of hydrogen-bond acceptors (Lipinski definition) is 6. The van der Waals surface area contributed by atoms with E-state index in [9.17, 15) is 9.59 Å². The van der Waals surface area contributed by atoms with Crippen LogP contribution in [0.15, 0.2) is 41.4 Å². The summed E-state index contributed by atoms with van der Waals surface area (Å²) in [5, 5.41) is 0. The van der Waals surface area contributed by atoms with E-state index in [0.717, 1.165) is 22.2 Å². The number of nitrogens with zero attached hydrogens (tertiary/aromatic N) is 2. The lowest BCUT2D eigenvalue weighted by Crippen LogP contribution is -2.23. The van der Waals surface area contributed by atoms with Gasteiger partial charge in [-0.1, -0.05) is 30.4 Å². The molecule has 0 radical (unpaired) electrons. The van der Waals surface area contributed by atoms with E-state index in [2.05, 4.69) is 18.0 Å². The van der Waals surface area contributed by atoms with Gasteiger partial charge in [0.15, 0.2) is 16.3 Å². The number of ether oxygens (including phenoxy) is 3. The lowest BCUT2D eigenvalue weighted by atomic mass is 10.1. The Morgan fingerprint density at radius 2 is 1.74 bits per heavy atom. The number of methoxy groups -OCH3 is 2. The molecule has 0 aliphatic heterocycles. The van der Waals surface area contributed by atoms with Gasteiger partial charge in [-0.25, -0.2) is 0 Å². The molecule has 164 valence electrons. The third-order valence-electron chi connectivity index (χ3n) is 4.77. The minimum absolute atomic E-state index is 0.00177. The quantitative estimate of drug-likeness (QED) is 0.499. The predicted molar refractivity (Wildman–Crippen MR) is 120 cm³/mol. The maximum atomic E-state index is 12.7. The monoisotopic (exact) mass is 442 g/mol. The number of aryl methyl sites for hydroxylation is 1. The number of esters is 1. The van der Waals surface area contributed by atoms with Gasteiger partial charge < -0.3 is 18.8 Å². The topological polar surface area (TPSA) is 79.1 Å². The van der Waals surface area contributed by atoms with Gasteiger partial charge in [0.1, 0.15) is 6.54 Å². The Morgan fingerprint density at radius 3 is 2.42 bits per heavy atom. The largest absolute Gasteiger partial charge is 0.493 e. The molecule has 0 aliphatic rings. The van der Waals surface area contributed by atoms with E-state index in [0.29, 0.717) is 22.9 Å². The Kier molecular flexibility index (Phi) is 7.46. The second-order valence-electron chi connectivity index (χ2n) is 6.80. The maximum Gasteiger partial charge on any atom is 0.326 e. The number of rotatable bonds is 8. The molecular formula is C23H26N2O5S.